The zero-order valence-electron chi connectivity index (χ0n) is 22.8. The third-order valence-electron chi connectivity index (χ3n) is 6.34. The van der Waals surface area contributed by atoms with Crippen molar-refractivity contribution in [1.82, 2.24) is 0 Å². The minimum atomic E-state index is 0.0520. The van der Waals surface area contributed by atoms with Crippen LogP contribution >= 0.6 is 0 Å². The lowest BCUT2D eigenvalue weighted by molar-refractivity contribution is -0.116. The van der Waals surface area contributed by atoms with Crippen LogP contribution in [0.25, 0.3) is 24.3 Å². The van der Waals surface area contributed by atoms with Crippen LogP contribution in [0.2, 0.25) is 0 Å². The van der Waals surface area contributed by atoms with Gasteiger partial charge in [0, 0.05) is 17.8 Å². The van der Waals surface area contributed by atoms with Gasteiger partial charge in [0.05, 0.1) is 0 Å². The van der Waals surface area contributed by atoms with Crippen LogP contribution in [0.15, 0.2) is 84.9 Å². The molecule has 4 aromatic carbocycles. The first-order chi connectivity index (χ1) is 20.1. The van der Waals surface area contributed by atoms with Gasteiger partial charge < -0.3 is 30.0 Å². The highest BCUT2D eigenvalue weighted by Gasteiger charge is 2.13. The van der Waals surface area contributed by atoms with Crippen LogP contribution in [-0.4, -0.2) is 19.5 Å². The lowest BCUT2D eigenvalue weighted by Crippen LogP contribution is -2.10. The standard InChI is InChI=1S/C19H19NO3.C15H13NO2/c1-2-3-19(21)20-16-9-6-14(7-10-16)4-5-15-8-11-17-18(12-15)23-13-22-17;16-13-6-3-11(4-7-13)1-2-12-5-8-14-15(9-12)18-10-17-14/h4-12H,2-3,13H2,1H3,(H,20,21);1-9H,10,16H2/b5-4+;2-1+. The van der Waals surface area contributed by atoms with Crippen molar-refractivity contribution in [2.75, 3.05) is 24.6 Å². The molecule has 2 aliphatic rings. The normalized spacial score (nSPS) is 12.8. The Labute approximate surface area is 239 Å². The molecule has 0 bridgehead atoms. The Morgan fingerprint density at radius 3 is 1.61 bits per heavy atom. The highest BCUT2D eigenvalue weighted by Crippen LogP contribution is 2.34. The molecule has 208 valence electrons. The quantitative estimate of drug-likeness (QED) is 0.184. The zero-order chi connectivity index (χ0) is 28.4. The summed E-state index contributed by atoms with van der Waals surface area (Å²) >= 11 is 0. The van der Waals surface area contributed by atoms with Crippen LogP contribution in [0.1, 0.15) is 42.0 Å². The van der Waals surface area contributed by atoms with Gasteiger partial charge in [-0.25, -0.2) is 0 Å². The Kier molecular flexibility index (Phi) is 8.86. The maximum atomic E-state index is 11.6. The smallest absolute Gasteiger partial charge is 0.231 e. The molecular weight excluding hydrogens is 516 g/mol. The number of hydrogen-bond donors (Lipinski definition) is 2. The highest BCUT2D eigenvalue weighted by atomic mass is 16.7. The third-order valence-corrected chi connectivity index (χ3v) is 6.34. The summed E-state index contributed by atoms with van der Waals surface area (Å²) < 4.78 is 21.3. The molecular formula is C34H32N2O5. The number of carbonyl (C=O) groups excluding carboxylic acids is 1. The van der Waals surface area contributed by atoms with Gasteiger partial charge in [0.2, 0.25) is 19.5 Å². The van der Waals surface area contributed by atoms with Crippen molar-refractivity contribution in [3.05, 3.63) is 107 Å². The van der Waals surface area contributed by atoms with Gasteiger partial charge in [0.25, 0.3) is 0 Å². The fraction of sp³-hybridized carbons (Fsp3) is 0.147. The summed E-state index contributed by atoms with van der Waals surface area (Å²) in [6.45, 7) is 2.58. The van der Waals surface area contributed by atoms with E-state index in [0.717, 1.165) is 63.0 Å². The molecule has 0 aromatic heterocycles. The van der Waals surface area contributed by atoms with E-state index < -0.39 is 0 Å². The molecule has 2 heterocycles. The SMILES string of the molecule is CCCC(=O)Nc1ccc(/C=C/c2ccc3c(c2)OCO3)cc1.Nc1ccc(/C=C/c2ccc3c(c2)OCO3)cc1. The first kappa shape index (κ1) is 27.4. The largest absolute Gasteiger partial charge is 0.454 e. The van der Waals surface area contributed by atoms with Gasteiger partial charge in [0.15, 0.2) is 23.0 Å². The predicted molar refractivity (Wildman–Crippen MR) is 164 cm³/mol. The highest BCUT2D eigenvalue weighted by molar-refractivity contribution is 5.90. The Hall–Kier alpha value is -5.17. The molecule has 0 unspecified atom stereocenters. The number of amides is 1. The van der Waals surface area contributed by atoms with Gasteiger partial charge in [-0.3, -0.25) is 4.79 Å². The second-order valence-electron chi connectivity index (χ2n) is 9.48. The van der Waals surface area contributed by atoms with E-state index in [2.05, 4.69) is 5.32 Å². The molecule has 0 radical (unpaired) electrons. The van der Waals surface area contributed by atoms with Gasteiger partial charge in [-0.1, -0.05) is 67.6 Å². The third kappa shape index (κ3) is 7.70. The number of hydrogen-bond acceptors (Lipinski definition) is 6. The maximum absolute atomic E-state index is 11.6. The van der Waals surface area contributed by atoms with E-state index >= 15 is 0 Å². The van der Waals surface area contributed by atoms with Crippen LogP contribution in [0.3, 0.4) is 0 Å². The Bertz CT molecular complexity index is 1540. The number of anilines is 2. The number of nitrogen functional groups attached to an aromatic ring is 1. The van der Waals surface area contributed by atoms with Crippen LogP contribution in [-0.2, 0) is 4.79 Å². The molecule has 7 heteroatoms. The second-order valence-corrected chi connectivity index (χ2v) is 9.48. The maximum Gasteiger partial charge on any atom is 0.231 e. The fourth-order valence-corrected chi connectivity index (χ4v) is 4.15. The van der Waals surface area contributed by atoms with E-state index in [1.54, 1.807) is 0 Å². The minimum absolute atomic E-state index is 0.0520. The average Bonchev–Trinajstić information content (AvgIpc) is 3.66. The summed E-state index contributed by atoms with van der Waals surface area (Å²) in [5, 5.41) is 2.88. The number of benzene rings is 4. The monoisotopic (exact) mass is 548 g/mol. The van der Waals surface area contributed by atoms with E-state index in [9.17, 15) is 4.79 Å². The Morgan fingerprint density at radius 1 is 0.659 bits per heavy atom. The van der Waals surface area contributed by atoms with Crippen molar-refractivity contribution >= 4 is 41.6 Å². The number of rotatable bonds is 7. The van der Waals surface area contributed by atoms with Crippen molar-refractivity contribution in [3.8, 4) is 23.0 Å². The Balaban J connectivity index is 0.000000169. The second kappa shape index (κ2) is 13.3. The summed E-state index contributed by atoms with van der Waals surface area (Å²) in [6.07, 6.45) is 9.51. The molecule has 0 saturated heterocycles. The van der Waals surface area contributed by atoms with Gasteiger partial charge in [0.1, 0.15) is 0 Å². The van der Waals surface area contributed by atoms with Crippen molar-refractivity contribution in [1.29, 1.82) is 0 Å². The van der Waals surface area contributed by atoms with E-state index in [-0.39, 0.29) is 12.7 Å². The van der Waals surface area contributed by atoms with Gasteiger partial charge in [-0.05, 0) is 77.2 Å². The average molecular weight is 549 g/mol. The number of fused-ring (bicyclic) bond motifs is 2. The van der Waals surface area contributed by atoms with Crippen molar-refractivity contribution in [3.63, 3.8) is 0 Å². The molecule has 3 N–H and O–H groups in total. The number of ether oxygens (including phenoxy) is 4. The van der Waals surface area contributed by atoms with E-state index in [1.807, 2.05) is 116 Å². The topological polar surface area (TPSA) is 92.0 Å². The number of carbonyl (C=O) groups is 1. The fourth-order valence-electron chi connectivity index (χ4n) is 4.15. The van der Waals surface area contributed by atoms with E-state index in [4.69, 9.17) is 24.7 Å². The van der Waals surface area contributed by atoms with Crippen molar-refractivity contribution in [2.45, 2.75) is 19.8 Å². The minimum Gasteiger partial charge on any atom is -0.454 e. The first-order valence-corrected chi connectivity index (χ1v) is 13.5. The molecule has 2 aliphatic heterocycles. The van der Waals surface area contributed by atoms with E-state index in [1.165, 1.54) is 0 Å². The number of nitrogens with one attached hydrogen (secondary N) is 1. The molecule has 0 atom stereocenters. The Morgan fingerprint density at radius 2 is 1.10 bits per heavy atom. The molecule has 41 heavy (non-hydrogen) atoms. The van der Waals surface area contributed by atoms with Gasteiger partial charge in [-0.15, -0.1) is 0 Å². The summed E-state index contributed by atoms with van der Waals surface area (Å²) in [5.74, 6) is 3.22. The van der Waals surface area contributed by atoms with Crippen LogP contribution in [0, 0.1) is 0 Å². The lowest BCUT2D eigenvalue weighted by atomic mass is 10.1. The first-order valence-electron chi connectivity index (χ1n) is 13.5. The van der Waals surface area contributed by atoms with E-state index in [0.29, 0.717) is 13.2 Å². The predicted octanol–water partition coefficient (Wildman–Crippen LogP) is 7.49. The van der Waals surface area contributed by atoms with Crippen molar-refractivity contribution in [2.24, 2.45) is 0 Å². The summed E-state index contributed by atoms with van der Waals surface area (Å²) in [6, 6.07) is 27.3. The van der Waals surface area contributed by atoms with Crippen LogP contribution in [0.4, 0.5) is 11.4 Å². The molecule has 6 rings (SSSR count). The molecule has 0 aliphatic carbocycles. The van der Waals surface area contributed by atoms with Gasteiger partial charge in [-0.2, -0.15) is 0 Å². The molecule has 0 fully saturated rings. The summed E-state index contributed by atoms with van der Waals surface area (Å²) in [5.41, 5.74) is 11.5. The number of nitrogens with two attached hydrogens (primary N) is 1. The molecule has 4 aromatic rings. The molecule has 0 spiro atoms. The summed E-state index contributed by atoms with van der Waals surface area (Å²) in [4.78, 5) is 11.6. The van der Waals surface area contributed by atoms with Crippen LogP contribution < -0.4 is 30.0 Å². The van der Waals surface area contributed by atoms with Crippen molar-refractivity contribution < 1.29 is 23.7 Å². The molecule has 0 saturated carbocycles. The van der Waals surface area contributed by atoms with Gasteiger partial charge >= 0.3 is 0 Å². The molecule has 1 amide bonds. The molecule has 7 nitrogen and oxygen atoms in total. The zero-order valence-corrected chi connectivity index (χ0v) is 22.8. The van der Waals surface area contributed by atoms with Crippen LogP contribution in [0.5, 0.6) is 23.0 Å². The summed E-state index contributed by atoms with van der Waals surface area (Å²) in [7, 11) is 0. The lowest BCUT2D eigenvalue weighted by Gasteiger charge is -2.04.